The minimum atomic E-state index is -4.64. The lowest BCUT2D eigenvalue weighted by atomic mass is 10.4. The number of aliphatic hydroxyl groups excluding tert-OH is 1. The first-order valence-corrected chi connectivity index (χ1v) is 4.65. The van der Waals surface area contributed by atoms with E-state index in [4.69, 9.17) is 29.5 Å². The van der Waals surface area contributed by atoms with Crippen LogP contribution in [-0.2, 0) is 9.36 Å². The highest BCUT2D eigenvalue weighted by molar-refractivity contribution is 7.45. The smallest absolute Gasteiger partial charge is 0.466 e. The molecule has 0 radical (unpaired) electrons. The third kappa shape index (κ3) is 24.7. The summed E-state index contributed by atoms with van der Waals surface area (Å²) in [5.41, 5.74) is 0. The minimum absolute atomic E-state index is 0.540. The molecule has 0 amide bonds. The Morgan fingerprint density at radius 3 is 1.69 bits per heavy atom. The third-order valence-corrected chi connectivity index (χ3v) is 0.617. The molecule has 0 saturated heterocycles. The predicted molar refractivity (Wildman–Crippen MR) is 42.9 cm³/mol. The van der Waals surface area contributed by atoms with Crippen LogP contribution in [0.15, 0.2) is 11.8 Å². The number of aliphatic hydroxyl groups is 1. The Labute approximate surface area is 74.2 Å². The highest BCUT2D eigenvalue weighted by Gasteiger charge is 2.00. The molecule has 8 heteroatoms. The lowest BCUT2D eigenvalue weighted by molar-refractivity contribution is -0.135. The zero-order valence-corrected chi connectivity index (χ0v) is 7.68. The van der Waals surface area contributed by atoms with Gasteiger partial charge in [0.2, 0.25) is 0 Å². The zero-order valence-electron chi connectivity index (χ0n) is 6.78. The van der Waals surface area contributed by atoms with Crippen molar-refractivity contribution in [3.05, 3.63) is 11.8 Å². The normalized spacial score (nSPS) is 11.5. The number of carboxylic acids is 1. The Kier molecular flexibility index (Phi) is 7.45. The maximum absolute atomic E-state index is 9.77. The lowest BCUT2D eigenvalue weighted by Gasteiger charge is -1.86. The highest BCUT2D eigenvalue weighted by atomic mass is 31.2. The molecule has 13 heavy (non-hydrogen) atoms. The largest absolute Gasteiger partial charge is 0.502 e. The molecule has 0 aromatic heterocycles. The molecule has 0 aromatic carbocycles. The van der Waals surface area contributed by atoms with Crippen LogP contribution in [0.25, 0.3) is 0 Å². The van der Waals surface area contributed by atoms with Gasteiger partial charge in [-0.05, 0) is 12.5 Å². The number of carboxylic acid groups (broad SMARTS) is 1. The van der Waals surface area contributed by atoms with Crippen LogP contribution >= 0.6 is 7.82 Å². The van der Waals surface area contributed by atoms with Gasteiger partial charge in [-0.1, -0.05) is 6.92 Å². The van der Waals surface area contributed by atoms with Crippen LogP contribution in [0.5, 0.6) is 0 Å². The molecular weight excluding hydrogens is 203 g/mol. The predicted octanol–water partition coefficient (Wildman–Crippen LogP) is -0.00570. The Morgan fingerprint density at radius 2 is 1.62 bits per heavy atom. The van der Waals surface area contributed by atoms with Crippen LogP contribution in [-0.4, -0.2) is 30.9 Å². The van der Waals surface area contributed by atoms with E-state index in [0.717, 1.165) is 0 Å². The SMILES string of the molecule is CC/C=C(\O)C(=O)O.O=P(O)(O)O. The molecule has 0 aromatic rings. The van der Waals surface area contributed by atoms with Crippen molar-refractivity contribution >= 4 is 13.8 Å². The van der Waals surface area contributed by atoms with E-state index in [1.165, 1.54) is 6.08 Å². The molecule has 0 rings (SSSR count). The summed E-state index contributed by atoms with van der Waals surface area (Å²) in [4.78, 5) is 31.3. The second kappa shape index (κ2) is 6.62. The quantitative estimate of drug-likeness (QED) is 0.248. The topological polar surface area (TPSA) is 135 Å². The molecular formula is C5H11O7P. The highest BCUT2D eigenvalue weighted by Crippen LogP contribution is 2.25. The van der Waals surface area contributed by atoms with Gasteiger partial charge >= 0.3 is 13.8 Å². The van der Waals surface area contributed by atoms with Gasteiger partial charge in [0.05, 0.1) is 0 Å². The van der Waals surface area contributed by atoms with E-state index in [1.54, 1.807) is 6.92 Å². The molecule has 0 heterocycles. The number of hydrogen-bond acceptors (Lipinski definition) is 3. The second-order valence-corrected chi connectivity index (χ2v) is 2.84. The number of allylic oxidation sites excluding steroid dienone is 1. The summed E-state index contributed by atoms with van der Waals surface area (Å²) < 4.78 is 8.88. The molecule has 78 valence electrons. The summed E-state index contributed by atoms with van der Waals surface area (Å²) in [6, 6.07) is 0. The lowest BCUT2D eigenvalue weighted by Crippen LogP contribution is -1.97. The summed E-state index contributed by atoms with van der Waals surface area (Å²) in [6.07, 6.45) is 1.78. The van der Waals surface area contributed by atoms with Gasteiger partial charge in [-0.25, -0.2) is 9.36 Å². The maximum Gasteiger partial charge on any atom is 0.466 e. The Morgan fingerprint density at radius 1 is 1.31 bits per heavy atom. The van der Waals surface area contributed by atoms with Crippen LogP contribution in [0.3, 0.4) is 0 Å². The number of aliphatic carboxylic acids is 1. The summed E-state index contributed by atoms with van der Waals surface area (Å²) >= 11 is 0. The Bertz CT molecular complexity index is 219. The first kappa shape index (κ1) is 14.6. The fourth-order valence-corrected chi connectivity index (χ4v) is 0.281. The number of carbonyl (C=O) groups is 1. The molecule has 0 unspecified atom stereocenters. The average Bonchev–Trinajstić information content (AvgIpc) is 1.84. The van der Waals surface area contributed by atoms with Gasteiger partial charge in [0.15, 0.2) is 5.76 Å². The van der Waals surface area contributed by atoms with E-state index < -0.39 is 19.6 Å². The monoisotopic (exact) mass is 214 g/mol. The Hall–Kier alpha value is -0.880. The summed E-state index contributed by atoms with van der Waals surface area (Å²) in [5.74, 6) is -1.85. The summed E-state index contributed by atoms with van der Waals surface area (Å²) in [5, 5.41) is 16.4. The first-order chi connectivity index (χ1) is 5.68. The second-order valence-electron chi connectivity index (χ2n) is 1.82. The number of rotatable bonds is 2. The molecule has 0 atom stereocenters. The van der Waals surface area contributed by atoms with Gasteiger partial charge < -0.3 is 24.9 Å². The Balaban J connectivity index is 0. The number of phosphoric acid groups is 1. The van der Waals surface area contributed by atoms with E-state index in [-0.39, 0.29) is 0 Å². The van der Waals surface area contributed by atoms with Crippen molar-refractivity contribution in [1.82, 2.24) is 0 Å². The third-order valence-electron chi connectivity index (χ3n) is 0.617. The van der Waals surface area contributed by atoms with Crippen LogP contribution in [0, 0.1) is 0 Å². The number of hydrogen-bond donors (Lipinski definition) is 5. The molecule has 0 bridgehead atoms. The maximum atomic E-state index is 9.77. The first-order valence-electron chi connectivity index (χ1n) is 3.09. The van der Waals surface area contributed by atoms with Gasteiger partial charge in [-0.15, -0.1) is 0 Å². The van der Waals surface area contributed by atoms with E-state index >= 15 is 0 Å². The van der Waals surface area contributed by atoms with Gasteiger partial charge in [0, 0.05) is 0 Å². The fourth-order valence-electron chi connectivity index (χ4n) is 0.281. The zero-order chi connectivity index (χ0) is 11.1. The van der Waals surface area contributed by atoms with E-state index in [1.807, 2.05) is 0 Å². The molecule has 0 spiro atoms. The molecule has 7 nitrogen and oxygen atoms in total. The van der Waals surface area contributed by atoms with Crippen molar-refractivity contribution in [2.75, 3.05) is 0 Å². The van der Waals surface area contributed by atoms with Gasteiger partial charge in [0.25, 0.3) is 0 Å². The minimum Gasteiger partial charge on any atom is -0.502 e. The van der Waals surface area contributed by atoms with Crippen LogP contribution in [0.2, 0.25) is 0 Å². The van der Waals surface area contributed by atoms with Crippen molar-refractivity contribution in [2.45, 2.75) is 13.3 Å². The van der Waals surface area contributed by atoms with E-state index in [9.17, 15) is 4.79 Å². The molecule has 0 aliphatic heterocycles. The van der Waals surface area contributed by atoms with Crippen LogP contribution in [0.4, 0.5) is 0 Å². The molecule has 0 saturated carbocycles. The summed E-state index contributed by atoms with van der Waals surface area (Å²) in [7, 11) is -4.64. The molecule has 0 aliphatic carbocycles. The van der Waals surface area contributed by atoms with Crippen molar-refractivity contribution in [3.8, 4) is 0 Å². The fraction of sp³-hybridized carbons (Fsp3) is 0.400. The van der Waals surface area contributed by atoms with Crippen LogP contribution in [0.1, 0.15) is 13.3 Å². The van der Waals surface area contributed by atoms with Gasteiger partial charge in [-0.3, -0.25) is 0 Å². The van der Waals surface area contributed by atoms with Gasteiger partial charge in [-0.2, -0.15) is 0 Å². The average molecular weight is 214 g/mol. The van der Waals surface area contributed by atoms with Crippen molar-refractivity contribution in [1.29, 1.82) is 0 Å². The standard InChI is InChI=1S/C5H8O3.H3O4P/c1-2-3-4(6)5(7)8;1-5(2,3)4/h3,6H,2H2,1H3,(H,7,8);(H3,1,2,3,4)/b4-3-;. The van der Waals surface area contributed by atoms with Crippen molar-refractivity contribution in [3.63, 3.8) is 0 Å². The molecule has 0 aliphatic rings. The van der Waals surface area contributed by atoms with Gasteiger partial charge in [0.1, 0.15) is 0 Å². The molecule has 5 N–H and O–H groups in total. The van der Waals surface area contributed by atoms with Crippen LogP contribution < -0.4 is 0 Å². The van der Waals surface area contributed by atoms with Crippen molar-refractivity contribution < 1.29 is 34.3 Å². The van der Waals surface area contributed by atoms with Crippen molar-refractivity contribution in [2.24, 2.45) is 0 Å². The van der Waals surface area contributed by atoms with E-state index in [0.29, 0.717) is 6.42 Å². The van der Waals surface area contributed by atoms with E-state index in [2.05, 4.69) is 0 Å². The molecule has 0 fully saturated rings. The summed E-state index contributed by atoms with van der Waals surface area (Å²) in [6.45, 7) is 1.75.